The zero-order valence-corrected chi connectivity index (χ0v) is 69.3. The van der Waals surface area contributed by atoms with Crippen LogP contribution in [-0.2, 0) is 104 Å². The Balaban J connectivity index is 1.59. The second-order valence-electron chi connectivity index (χ2n) is 29.8. The van der Waals surface area contributed by atoms with Crippen LogP contribution in [0.5, 0.6) is 0 Å². The van der Waals surface area contributed by atoms with Crippen LogP contribution in [0, 0.1) is 16.7 Å². The van der Waals surface area contributed by atoms with E-state index in [4.69, 9.17) is 39.5 Å². The summed E-state index contributed by atoms with van der Waals surface area (Å²) in [6.45, 7) is 2.76. The van der Waals surface area contributed by atoms with Gasteiger partial charge in [-0.15, -0.1) is 0 Å². The van der Waals surface area contributed by atoms with E-state index in [0.29, 0.717) is 11.1 Å². The monoisotopic (exact) mass is 1750 g/mol. The van der Waals surface area contributed by atoms with Crippen LogP contribution in [0.4, 0.5) is 0 Å². The third-order valence-corrected chi connectivity index (χ3v) is 19.9. The molecule has 2 aromatic carbocycles. The lowest BCUT2D eigenvalue weighted by molar-refractivity contribution is -0.146. The number of benzene rings is 2. The van der Waals surface area contributed by atoms with E-state index >= 15 is 0 Å². The van der Waals surface area contributed by atoms with Crippen LogP contribution in [-0.4, -0.2) is 284 Å². The van der Waals surface area contributed by atoms with Gasteiger partial charge in [0, 0.05) is 64.0 Å². The molecule has 678 valence electrons. The molecule has 0 unspecified atom stereocenters. The van der Waals surface area contributed by atoms with Crippen LogP contribution in [0.2, 0.25) is 0 Å². The number of aliphatic hydroxyl groups is 1. The van der Waals surface area contributed by atoms with Gasteiger partial charge in [-0.05, 0) is 101 Å². The van der Waals surface area contributed by atoms with Gasteiger partial charge in [0.2, 0.25) is 94.5 Å². The smallest absolute Gasteiger partial charge is 0.328 e. The molecule has 2 heterocycles. The first-order valence-corrected chi connectivity index (χ1v) is 40.4. The van der Waals surface area contributed by atoms with Crippen molar-refractivity contribution in [2.75, 3.05) is 45.1 Å². The number of carboxylic acids is 3. The second-order valence-corrected chi connectivity index (χ2v) is 30.1. The molecule has 30 N–H and O–H groups in total. The average molecular weight is 1750 g/mol. The van der Waals surface area contributed by atoms with Crippen molar-refractivity contribution in [3.63, 3.8) is 0 Å². The van der Waals surface area contributed by atoms with Crippen molar-refractivity contribution in [3.8, 4) is 0 Å². The van der Waals surface area contributed by atoms with Crippen LogP contribution < -0.4 is 103 Å². The maximum Gasteiger partial charge on any atom is 0.328 e. The molecule has 2 aliphatic rings. The van der Waals surface area contributed by atoms with E-state index in [0.717, 1.165) is 9.80 Å². The number of guanidine groups is 2. The van der Waals surface area contributed by atoms with Gasteiger partial charge in [-0.2, -0.15) is 12.6 Å². The van der Waals surface area contributed by atoms with E-state index in [-0.39, 0.29) is 109 Å². The number of nitrogens with two attached hydrogens (primary N) is 5. The van der Waals surface area contributed by atoms with E-state index < -0.39 is 266 Å². The van der Waals surface area contributed by atoms with Crippen molar-refractivity contribution in [3.05, 3.63) is 71.8 Å². The Hall–Kier alpha value is -12.8. The number of amides is 16. The summed E-state index contributed by atoms with van der Waals surface area (Å²) in [6.07, 6.45) is -5.00. The fourth-order valence-corrected chi connectivity index (χ4v) is 13.4. The average Bonchev–Trinajstić information content (AvgIpc) is 1.62. The van der Waals surface area contributed by atoms with E-state index in [1.807, 2.05) is 0 Å². The molecule has 14 atom stereocenters. The highest BCUT2D eigenvalue weighted by atomic mass is 32.1. The Labute approximate surface area is 713 Å². The van der Waals surface area contributed by atoms with E-state index in [2.05, 4.69) is 87.1 Å². The number of carbonyl (C=O) groups is 19. The molecule has 2 aromatic rings. The first kappa shape index (κ1) is 103. The number of hydrogen-bond acceptors (Lipinski definition) is 24. The van der Waals surface area contributed by atoms with Gasteiger partial charge in [-0.25, -0.2) is 4.79 Å². The van der Waals surface area contributed by atoms with Crippen LogP contribution in [0.25, 0.3) is 0 Å². The largest absolute Gasteiger partial charge is 0.481 e. The number of carboxylic acid groups (broad SMARTS) is 3. The Morgan fingerprint density at radius 3 is 1.20 bits per heavy atom. The van der Waals surface area contributed by atoms with Crippen LogP contribution in [0.3, 0.4) is 0 Å². The van der Waals surface area contributed by atoms with Gasteiger partial charge in [-0.3, -0.25) is 97.1 Å². The molecular weight excluding hydrogens is 1640 g/mol. The van der Waals surface area contributed by atoms with Gasteiger partial charge in [0.05, 0.1) is 19.6 Å². The van der Waals surface area contributed by atoms with Gasteiger partial charge < -0.3 is 133 Å². The first-order valence-electron chi connectivity index (χ1n) is 39.8. The lowest BCUT2D eigenvalue weighted by Gasteiger charge is -2.31. The summed E-state index contributed by atoms with van der Waals surface area (Å²) in [5.41, 5.74) is 28.1. The SMILES string of the molecule is CC(C)C[C@H](NC(=O)[C@H](C)NC(=O)[C@H](CCC(=O)O)NC(=O)[C@@H]1CCCN1C(=O)[C@H](CS)NC(=O)[C@H](CCCNC(=N)N)NC(=O)[C@H](Cc1ccccc1)NC(=O)[C@H](CCCNC(=N)N)NC(=O)[C@H](CCC(=O)O)NC(=O)[C@H](CC(N)=O)NC(=O)CN)C(=O)N[C@@H](Cc1ccccc1)C(=O)N[C@@H](CCC(N)=O)C(=O)N1CCC[C@H]1C(=O)N[C@@H](CO)C(=O)O. The lowest BCUT2D eigenvalue weighted by Crippen LogP contribution is -2.61. The predicted octanol–water partition coefficient (Wildman–Crippen LogP) is -8.30. The molecular formula is C76H115N23O23S. The van der Waals surface area contributed by atoms with Gasteiger partial charge in [0.1, 0.15) is 84.6 Å². The van der Waals surface area contributed by atoms with Gasteiger partial charge in [-0.1, -0.05) is 74.5 Å². The Kier molecular flexibility index (Phi) is 43.7. The van der Waals surface area contributed by atoms with Crippen molar-refractivity contribution in [1.82, 2.24) is 84.2 Å². The molecule has 0 bridgehead atoms. The molecule has 0 spiro atoms. The molecule has 0 aliphatic carbocycles. The normalized spacial score (nSPS) is 16.4. The summed E-state index contributed by atoms with van der Waals surface area (Å²) >= 11 is 4.36. The molecule has 0 radical (unpaired) electrons. The van der Waals surface area contributed by atoms with Crippen molar-refractivity contribution in [2.24, 2.45) is 34.6 Å². The third-order valence-electron chi connectivity index (χ3n) is 19.5. The first-order chi connectivity index (χ1) is 58.2. The number of hydrogen-bond donors (Lipinski definition) is 26. The fraction of sp³-hybridized carbons (Fsp3) is 0.566. The van der Waals surface area contributed by atoms with E-state index in [1.54, 1.807) is 74.5 Å². The molecule has 47 heteroatoms. The number of thiol groups is 1. The number of carbonyl (C=O) groups excluding carboxylic acids is 16. The quantitative estimate of drug-likeness (QED) is 0.0127. The minimum Gasteiger partial charge on any atom is -0.481 e. The molecule has 0 saturated carbocycles. The Morgan fingerprint density at radius 1 is 0.439 bits per heavy atom. The van der Waals surface area contributed by atoms with E-state index in [9.17, 15) is 112 Å². The van der Waals surface area contributed by atoms with E-state index in [1.165, 1.54) is 6.92 Å². The van der Waals surface area contributed by atoms with Crippen molar-refractivity contribution < 1.29 is 112 Å². The molecule has 0 aromatic heterocycles. The van der Waals surface area contributed by atoms with Crippen LogP contribution in [0.15, 0.2) is 60.7 Å². The summed E-state index contributed by atoms with van der Waals surface area (Å²) < 4.78 is 0. The maximum atomic E-state index is 14.8. The van der Waals surface area contributed by atoms with Crippen molar-refractivity contribution >= 4 is 137 Å². The summed E-state index contributed by atoms with van der Waals surface area (Å²) in [5.74, 6) is -22.0. The maximum absolute atomic E-state index is 14.8. The van der Waals surface area contributed by atoms with Crippen LogP contribution >= 0.6 is 12.6 Å². The highest BCUT2D eigenvalue weighted by molar-refractivity contribution is 7.80. The molecule has 2 fully saturated rings. The standard InChI is InChI=1S/C76H115N23O23S/c1-39(2)32-48(66(113)95-50(34-42-16-8-5-9-17-42)68(115)92-47(22-25-56(78)101)72(119)98-30-12-21-55(98)71(118)96-52(37-100)74(121)122)93-61(108)40(3)86-62(109)45(23-26-59(104)105)91-70(117)54-20-13-31-99(54)73(120)53(38-123)97-64(111)44(19-11-29-85-76(82)83)89-67(114)49(33-41-14-6-4-7-15-41)94-63(110)43(18-10-28-84-75(80)81)88-65(112)46(24-27-60(106)107)90-69(116)51(35-57(79)102)87-58(103)36-77/h4-9,14-17,39-40,43-55,100,123H,10-13,18-38,77H2,1-3H3,(H2,78,101)(H2,79,102)(H,86,109)(H,87,103)(H,88,112)(H,89,114)(H,90,116)(H,91,117)(H,92,115)(H,93,108)(H,94,110)(H,95,113)(H,96,118)(H,97,111)(H,104,105)(H,106,107)(H,121,122)(H4,80,81,84)(H4,82,83,85)/t40-,43-,44-,45-,46-,47-,48-,49-,50-,51-,52-,53-,54-,55-/m0/s1. The van der Waals surface area contributed by atoms with Crippen molar-refractivity contribution in [1.29, 1.82) is 10.8 Å². The van der Waals surface area contributed by atoms with Gasteiger partial charge >= 0.3 is 17.9 Å². The highest BCUT2D eigenvalue weighted by Crippen LogP contribution is 2.23. The number of aliphatic carboxylic acids is 3. The Morgan fingerprint density at radius 2 is 0.805 bits per heavy atom. The minimum absolute atomic E-state index is 0.000203. The molecule has 2 aliphatic heterocycles. The topological polar surface area (TPSA) is 758 Å². The molecule has 46 nitrogen and oxygen atoms in total. The summed E-state index contributed by atoms with van der Waals surface area (Å²) in [5, 5.41) is 88.4. The number of primary amides is 2. The second kappa shape index (κ2) is 52.4. The number of nitrogens with zero attached hydrogens (tertiary/aromatic N) is 2. The number of rotatable bonds is 54. The zero-order valence-electron chi connectivity index (χ0n) is 68.4. The Bertz CT molecular complexity index is 4080. The molecule has 16 amide bonds. The third kappa shape index (κ3) is 36.2. The molecule has 123 heavy (non-hydrogen) atoms. The number of aliphatic hydroxyl groups excluding tert-OH is 1. The number of nitrogens with one attached hydrogen (secondary N) is 16. The van der Waals surface area contributed by atoms with Gasteiger partial charge in [0.25, 0.3) is 0 Å². The fourth-order valence-electron chi connectivity index (χ4n) is 13.2. The summed E-state index contributed by atoms with van der Waals surface area (Å²) in [7, 11) is 0. The molecule has 2 saturated heterocycles. The zero-order chi connectivity index (χ0) is 91.7. The number of likely N-dealkylation sites (tertiary alicyclic amines) is 2. The highest BCUT2D eigenvalue weighted by Gasteiger charge is 2.43. The lowest BCUT2D eigenvalue weighted by atomic mass is 10.00. The molecule has 4 rings (SSSR count). The summed E-state index contributed by atoms with van der Waals surface area (Å²) in [6, 6.07) is -5.76. The predicted molar refractivity (Wildman–Crippen MR) is 440 cm³/mol. The summed E-state index contributed by atoms with van der Waals surface area (Å²) in [4.78, 5) is 260. The van der Waals surface area contributed by atoms with Crippen LogP contribution in [0.1, 0.15) is 135 Å². The van der Waals surface area contributed by atoms with Crippen molar-refractivity contribution in [2.45, 2.75) is 221 Å². The minimum atomic E-state index is -1.77. The van der Waals surface area contributed by atoms with Gasteiger partial charge in [0.15, 0.2) is 11.9 Å².